The monoisotopic (exact) mass is 455 g/mol. The minimum Gasteiger partial charge on any atom is -0.402 e. The van der Waals surface area contributed by atoms with E-state index in [9.17, 15) is 4.57 Å². The molecule has 1 aromatic carbocycles. The summed E-state index contributed by atoms with van der Waals surface area (Å²) in [5, 5.41) is 0. The van der Waals surface area contributed by atoms with Crippen molar-refractivity contribution in [1.29, 1.82) is 0 Å². The summed E-state index contributed by atoms with van der Waals surface area (Å²) in [7, 11) is 0.265. The molecule has 0 spiro atoms. The minimum absolute atomic E-state index is 0.226. The lowest BCUT2D eigenvalue weighted by Gasteiger charge is -2.20. The van der Waals surface area contributed by atoms with E-state index >= 15 is 0 Å². The number of rotatable bonds is 8. The van der Waals surface area contributed by atoms with Crippen LogP contribution in [0.4, 0.5) is 5.69 Å². The van der Waals surface area contributed by atoms with Crippen LogP contribution in [0.1, 0.15) is 19.4 Å². The van der Waals surface area contributed by atoms with Crippen LogP contribution in [0.25, 0.3) is 5.76 Å². The van der Waals surface area contributed by atoms with E-state index in [0.29, 0.717) is 9.15 Å². The summed E-state index contributed by atoms with van der Waals surface area (Å²) in [5.74, 6) is 0.357. The van der Waals surface area contributed by atoms with E-state index in [0.717, 1.165) is 11.3 Å². The Bertz CT molecular complexity index is 546. The Morgan fingerprint density at radius 2 is 1.59 bits per heavy atom. The van der Waals surface area contributed by atoms with Gasteiger partial charge in [-0.1, -0.05) is 0 Å². The molecule has 0 unspecified atom stereocenters. The third-order valence-corrected chi connectivity index (χ3v) is 4.87. The van der Waals surface area contributed by atoms with Crippen molar-refractivity contribution in [1.82, 2.24) is 0 Å². The molecular weight excluding hydrogens is 437 g/mol. The van der Waals surface area contributed by atoms with Gasteiger partial charge in [-0.25, -0.2) is 4.57 Å². The maximum atomic E-state index is 12.5. The Kier molecular flexibility index (Phi) is 8.14. The first kappa shape index (κ1) is 19.7. The summed E-state index contributed by atoms with van der Waals surface area (Å²) in [6.07, 6.45) is 0. The van der Waals surface area contributed by atoms with Gasteiger partial charge in [0.05, 0.1) is 13.2 Å². The Labute approximate surface area is 148 Å². The van der Waals surface area contributed by atoms with Gasteiger partial charge in [-0.3, -0.25) is 9.05 Å². The first-order chi connectivity index (χ1) is 10.3. The number of phosphoric ester groups is 1. The number of hydrogen-bond donors (Lipinski definition) is 0. The predicted octanol–water partition coefficient (Wildman–Crippen LogP) is 5.37. The van der Waals surface area contributed by atoms with Crippen LogP contribution in [0.2, 0.25) is 0 Å². The number of halogens is 2. The molecule has 22 heavy (non-hydrogen) atoms. The highest BCUT2D eigenvalue weighted by Crippen LogP contribution is 2.54. The molecule has 124 valence electrons. The van der Waals surface area contributed by atoms with Crippen molar-refractivity contribution in [3.63, 3.8) is 0 Å². The fourth-order valence-electron chi connectivity index (χ4n) is 1.63. The fourth-order valence-corrected chi connectivity index (χ4v) is 3.73. The van der Waals surface area contributed by atoms with Gasteiger partial charge in [0.25, 0.3) is 0 Å². The summed E-state index contributed by atoms with van der Waals surface area (Å²) in [6.45, 7) is 3.91. The van der Waals surface area contributed by atoms with Crippen LogP contribution in [0.5, 0.6) is 0 Å². The molecule has 0 aliphatic heterocycles. The average molecular weight is 457 g/mol. The van der Waals surface area contributed by atoms with Crippen LogP contribution < -0.4 is 4.90 Å². The van der Waals surface area contributed by atoms with E-state index in [2.05, 4.69) is 31.9 Å². The number of anilines is 1. The van der Waals surface area contributed by atoms with Gasteiger partial charge in [-0.2, -0.15) is 0 Å². The van der Waals surface area contributed by atoms with Crippen molar-refractivity contribution >= 4 is 51.1 Å². The molecule has 0 N–H and O–H groups in total. The molecular formula is C14H20Br2NO4P. The molecule has 1 rings (SSSR count). The molecule has 0 aliphatic carbocycles. The van der Waals surface area contributed by atoms with Gasteiger partial charge in [0.15, 0.2) is 5.76 Å². The molecule has 0 saturated heterocycles. The summed E-state index contributed by atoms with van der Waals surface area (Å²) < 4.78 is 28.9. The van der Waals surface area contributed by atoms with Crippen LogP contribution in [0.15, 0.2) is 27.7 Å². The molecule has 8 heteroatoms. The Morgan fingerprint density at radius 3 is 1.95 bits per heavy atom. The highest BCUT2D eigenvalue weighted by Gasteiger charge is 2.29. The lowest BCUT2D eigenvalue weighted by molar-refractivity contribution is 0.159. The molecule has 5 nitrogen and oxygen atoms in total. The summed E-state index contributed by atoms with van der Waals surface area (Å²) in [4.78, 5) is 1.99. The van der Waals surface area contributed by atoms with Gasteiger partial charge in [0.1, 0.15) is 3.39 Å². The standard InChI is InChI=1S/C14H20Br2NO4P/c1-5-19-22(18,20-6-2)21-13(14(15)16)11-7-9-12(10-8-11)17(3)4/h7-10H,5-6H2,1-4H3. The molecule has 0 aliphatic rings. The molecule has 0 heterocycles. The smallest absolute Gasteiger partial charge is 0.402 e. The third-order valence-electron chi connectivity index (χ3n) is 2.60. The van der Waals surface area contributed by atoms with Gasteiger partial charge in [-0.05, 0) is 70.0 Å². The maximum Gasteiger partial charge on any atom is 0.530 e. The molecule has 0 saturated carbocycles. The minimum atomic E-state index is -3.65. The predicted molar refractivity (Wildman–Crippen MR) is 97.5 cm³/mol. The van der Waals surface area contributed by atoms with E-state index in [4.69, 9.17) is 13.6 Å². The lowest BCUT2D eigenvalue weighted by atomic mass is 10.2. The second-order valence-corrected chi connectivity index (χ2v) is 8.65. The number of phosphoric acid groups is 1. The van der Waals surface area contributed by atoms with Crippen molar-refractivity contribution in [3.8, 4) is 0 Å². The molecule has 0 atom stereocenters. The van der Waals surface area contributed by atoms with Gasteiger partial charge in [0, 0.05) is 25.3 Å². The zero-order valence-electron chi connectivity index (χ0n) is 13.0. The zero-order valence-corrected chi connectivity index (χ0v) is 17.1. The zero-order chi connectivity index (χ0) is 16.8. The third kappa shape index (κ3) is 5.70. The normalized spacial score (nSPS) is 11.2. The highest BCUT2D eigenvalue weighted by atomic mass is 79.9. The van der Waals surface area contributed by atoms with Crippen molar-refractivity contribution in [2.24, 2.45) is 0 Å². The van der Waals surface area contributed by atoms with Gasteiger partial charge in [-0.15, -0.1) is 0 Å². The lowest BCUT2D eigenvalue weighted by Crippen LogP contribution is -2.08. The molecule has 0 radical (unpaired) electrons. The van der Waals surface area contributed by atoms with Gasteiger partial charge in [0.2, 0.25) is 0 Å². The Morgan fingerprint density at radius 1 is 1.09 bits per heavy atom. The topological polar surface area (TPSA) is 48.0 Å². The number of hydrogen-bond acceptors (Lipinski definition) is 5. The fraction of sp³-hybridized carbons (Fsp3) is 0.429. The van der Waals surface area contributed by atoms with E-state index in [1.807, 2.05) is 43.3 Å². The molecule has 1 aromatic rings. The van der Waals surface area contributed by atoms with Crippen molar-refractivity contribution in [3.05, 3.63) is 33.2 Å². The Hall–Kier alpha value is -0.330. The maximum absolute atomic E-state index is 12.5. The quantitative estimate of drug-likeness (QED) is 0.389. The second kappa shape index (κ2) is 9.08. The Balaban J connectivity index is 3.09. The largest absolute Gasteiger partial charge is 0.530 e. The SMILES string of the molecule is CCOP(=O)(OCC)OC(=C(Br)Br)c1ccc(N(C)C)cc1. The molecule has 0 aromatic heterocycles. The molecule has 0 fully saturated rings. The van der Waals surface area contributed by atoms with Crippen molar-refractivity contribution in [2.45, 2.75) is 13.8 Å². The van der Waals surface area contributed by atoms with Crippen LogP contribution in [0.3, 0.4) is 0 Å². The second-order valence-electron chi connectivity index (χ2n) is 4.40. The molecule has 0 amide bonds. The van der Waals surface area contributed by atoms with Crippen LogP contribution >= 0.6 is 39.7 Å². The summed E-state index contributed by atoms with van der Waals surface area (Å²) in [5.41, 5.74) is 1.79. The van der Waals surface area contributed by atoms with Gasteiger partial charge < -0.3 is 9.42 Å². The van der Waals surface area contributed by atoms with E-state index in [-0.39, 0.29) is 13.2 Å². The summed E-state index contributed by atoms with van der Waals surface area (Å²) >= 11 is 6.62. The first-order valence-corrected chi connectivity index (χ1v) is 9.79. The van der Waals surface area contributed by atoms with E-state index < -0.39 is 7.82 Å². The van der Waals surface area contributed by atoms with Crippen LogP contribution in [0, 0.1) is 0 Å². The van der Waals surface area contributed by atoms with Crippen molar-refractivity contribution < 1.29 is 18.1 Å². The number of nitrogens with zero attached hydrogens (tertiary/aromatic N) is 1. The number of benzene rings is 1. The van der Waals surface area contributed by atoms with Gasteiger partial charge >= 0.3 is 7.82 Å². The van der Waals surface area contributed by atoms with E-state index in [1.54, 1.807) is 13.8 Å². The molecule has 0 bridgehead atoms. The van der Waals surface area contributed by atoms with Crippen LogP contribution in [-0.2, 0) is 18.1 Å². The average Bonchev–Trinajstić information content (AvgIpc) is 2.45. The van der Waals surface area contributed by atoms with E-state index in [1.165, 1.54) is 0 Å². The van der Waals surface area contributed by atoms with Crippen molar-refractivity contribution in [2.75, 3.05) is 32.2 Å². The van der Waals surface area contributed by atoms with Crippen LogP contribution in [-0.4, -0.2) is 27.3 Å². The summed E-state index contributed by atoms with van der Waals surface area (Å²) in [6, 6.07) is 7.62. The highest BCUT2D eigenvalue weighted by molar-refractivity contribution is 9.28. The first-order valence-electron chi connectivity index (χ1n) is 6.74.